The third-order valence-corrected chi connectivity index (χ3v) is 2.73. The minimum atomic E-state index is -0.371. The van der Waals surface area contributed by atoms with Crippen molar-refractivity contribution < 1.29 is 29.0 Å². The van der Waals surface area contributed by atoms with Gasteiger partial charge in [-0.05, 0) is 37.5 Å². The van der Waals surface area contributed by atoms with Crippen LogP contribution in [0.1, 0.15) is 18.4 Å². The lowest BCUT2D eigenvalue weighted by atomic mass is 10.2. The van der Waals surface area contributed by atoms with E-state index in [1.165, 1.54) is 11.3 Å². The lowest BCUT2D eigenvalue weighted by molar-refractivity contribution is -0.371. The minimum absolute atomic E-state index is 0.116. The van der Waals surface area contributed by atoms with Gasteiger partial charge in [0.15, 0.2) is 11.6 Å². The standard InChI is InChI=1S/C15H24FNO5/c1-13-4-5-14(16)15(12-13)20-9-3-2-6-17(21-10-7-18)22-11-8-19/h4-5,12,18-19H,2-3,6-11H2,1H3. The van der Waals surface area contributed by atoms with Crippen molar-refractivity contribution in [3.05, 3.63) is 29.6 Å². The summed E-state index contributed by atoms with van der Waals surface area (Å²) in [6, 6.07) is 4.74. The van der Waals surface area contributed by atoms with Crippen molar-refractivity contribution in [2.24, 2.45) is 0 Å². The van der Waals surface area contributed by atoms with E-state index >= 15 is 0 Å². The van der Waals surface area contributed by atoms with Crippen molar-refractivity contribution in [1.29, 1.82) is 0 Å². The molecule has 0 atom stereocenters. The molecule has 126 valence electrons. The molecular formula is C15H24FNO5. The van der Waals surface area contributed by atoms with Gasteiger partial charge in [-0.15, -0.1) is 0 Å². The molecule has 0 aliphatic carbocycles. The molecule has 0 saturated heterocycles. The van der Waals surface area contributed by atoms with Crippen LogP contribution in [-0.4, -0.2) is 55.0 Å². The van der Waals surface area contributed by atoms with Crippen molar-refractivity contribution in [1.82, 2.24) is 5.23 Å². The highest BCUT2D eigenvalue weighted by molar-refractivity contribution is 5.29. The third kappa shape index (κ3) is 7.67. The fourth-order valence-electron chi connectivity index (χ4n) is 1.70. The molecule has 6 nitrogen and oxygen atoms in total. The van der Waals surface area contributed by atoms with E-state index in [0.29, 0.717) is 26.0 Å². The Labute approximate surface area is 129 Å². The maximum absolute atomic E-state index is 13.5. The Kier molecular flexibility index (Phi) is 9.69. The molecule has 0 aliphatic heterocycles. The second-order valence-electron chi connectivity index (χ2n) is 4.66. The number of aliphatic hydroxyl groups is 2. The number of benzene rings is 1. The Bertz CT molecular complexity index is 411. The van der Waals surface area contributed by atoms with E-state index in [1.807, 2.05) is 6.92 Å². The number of hydroxylamine groups is 2. The molecule has 1 rings (SSSR count). The van der Waals surface area contributed by atoms with E-state index in [9.17, 15) is 4.39 Å². The van der Waals surface area contributed by atoms with Gasteiger partial charge in [0.05, 0.1) is 39.6 Å². The molecule has 0 unspecified atom stereocenters. The van der Waals surface area contributed by atoms with Crippen LogP contribution in [0, 0.1) is 12.7 Å². The van der Waals surface area contributed by atoms with Gasteiger partial charge < -0.3 is 14.9 Å². The Morgan fingerprint density at radius 2 is 1.73 bits per heavy atom. The van der Waals surface area contributed by atoms with Crippen LogP contribution in [-0.2, 0) is 9.68 Å². The SMILES string of the molecule is Cc1ccc(F)c(OCCCCN(OCCO)OCCO)c1. The minimum Gasteiger partial charge on any atom is -0.491 e. The fraction of sp³-hybridized carbons (Fsp3) is 0.600. The molecule has 0 bridgehead atoms. The average molecular weight is 317 g/mol. The second-order valence-corrected chi connectivity index (χ2v) is 4.66. The Morgan fingerprint density at radius 1 is 1.05 bits per heavy atom. The number of rotatable bonds is 12. The molecule has 0 radical (unpaired) electrons. The quantitative estimate of drug-likeness (QED) is 0.449. The Hall–Kier alpha value is -1.25. The molecule has 2 N–H and O–H groups in total. The number of hydrogen-bond acceptors (Lipinski definition) is 6. The molecule has 0 amide bonds. The summed E-state index contributed by atoms with van der Waals surface area (Å²) in [5.74, 6) is -0.116. The van der Waals surface area contributed by atoms with Crippen molar-refractivity contribution in [3.63, 3.8) is 0 Å². The van der Waals surface area contributed by atoms with E-state index in [0.717, 1.165) is 5.56 Å². The highest BCUT2D eigenvalue weighted by atomic mass is 19.1. The molecular weight excluding hydrogens is 293 g/mol. The molecule has 0 heterocycles. The maximum atomic E-state index is 13.5. The summed E-state index contributed by atoms with van der Waals surface area (Å²) in [6.45, 7) is 2.73. The largest absolute Gasteiger partial charge is 0.491 e. The van der Waals surface area contributed by atoms with Crippen LogP contribution >= 0.6 is 0 Å². The predicted molar refractivity (Wildman–Crippen MR) is 78.6 cm³/mol. The summed E-state index contributed by atoms with van der Waals surface area (Å²) in [5.41, 5.74) is 0.942. The van der Waals surface area contributed by atoms with E-state index in [1.54, 1.807) is 12.1 Å². The summed E-state index contributed by atoms with van der Waals surface area (Å²) in [6.07, 6.45) is 1.39. The predicted octanol–water partition coefficient (Wildman–Crippen LogP) is 1.44. The fourth-order valence-corrected chi connectivity index (χ4v) is 1.70. The first-order valence-corrected chi connectivity index (χ1v) is 7.31. The van der Waals surface area contributed by atoms with Crippen LogP contribution in [0.3, 0.4) is 0 Å². The number of nitrogens with zero attached hydrogens (tertiary/aromatic N) is 1. The molecule has 7 heteroatoms. The molecule has 0 aliphatic rings. The maximum Gasteiger partial charge on any atom is 0.165 e. The van der Waals surface area contributed by atoms with Gasteiger partial charge in [0.25, 0.3) is 0 Å². The lowest BCUT2D eigenvalue weighted by Gasteiger charge is -2.20. The van der Waals surface area contributed by atoms with Crippen LogP contribution in [0.2, 0.25) is 0 Å². The summed E-state index contributed by atoms with van der Waals surface area (Å²) in [5, 5.41) is 18.7. The normalized spacial score (nSPS) is 11.1. The van der Waals surface area contributed by atoms with Gasteiger partial charge >= 0.3 is 0 Å². The van der Waals surface area contributed by atoms with E-state index in [4.69, 9.17) is 24.6 Å². The molecule has 22 heavy (non-hydrogen) atoms. The highest BCUT2D eigenvalue weighted by Crippen LogP contribution is 2.18. The Morgan fingerprint density at radius 3 is 2.36 bits per heavy atom. The lowest BCUT2D eigenvalue weighted by Crippen LogP contribution is -2.28. The zero-order valence-corrected chi connectivity index (χ0v) is 12.8. The molecule has 1 aromatic rings. The van der Waals surface area contributed by atoms with Gasteiger partial charge in [-0.2, -0.15) is 0 Å². The van der Waals surface area contributed by atoms with Crippen molar-refractivity contribution >= 4 is 0 Å². The highest BCUT2D eigenvalue weighted by Gasteiger charge is 2.07. The average Bonchev–Trinajstić information content (AvgIpc) is 2.52. The van der Waals surface area contributed by atoms with Crippen molar-refractivity contribution in [2.75, 3.05) is 39.6 Å². The summed E-state index contributed by atoms with van der Waals surface area (Å²) in [4.78, 5) is 10.3. The van der Waals surface area contributed by atoms with E-state index in [2.05, 4.69) is 0 Å². The first-order chi connectivity index (χ1) is 10.7. The molecule has 0 fully saturated rings. The first-order valence-electron chi connectivity index (χ1n) is 7.31. The van der Waals surface area contributed by atoms with Crippen LogP contribution in [0.25, 0.3) is 0 Å². The molecule has 0 spiro atoms. The zero-order valence-electron chi connectivity index (χ0n) is 12.8. The van der Waals surface area contributed by atoms with Gasteiger partial charge in [-0.25, -0.2) is 4.39 Å². The number of hydrogen-bond donors (Lipinski definition) is 2. The molecule has 0 saturated carbocycles. The van der Waals surface area contributed by atoms with Crippen LogP contribution in [0.4, 0.5) is 4.39 Å². The van der Waals surface area contributed by atoms with Gasteiger partial charge in [0.2, 0.25) is 0 Å². The number of aliphatic hydroxyl groups excluding tert-OH is 2. The number of unbranched alkanes of at least 4 members (excludes halogenated alkanes) is 1. The second kappa shape index (κ2) is 11.3. The van der Waals surface area contributed by atoms with Crippen molar-refractivity contribution in [3.8, 4) is 5.75 Å². The first kappa shape index (κ1) is 18.8. The summed E-state index contributed by atoms with van der Waals surface area (Å²) in [7, 11) is 0. The number of halogens is 1. The zero-order chi connectivity index (χ0) is 16.2. The van der Waals surface area contributed by atoms with E-state index < -0.39 is 0 Å². The smallest absolute Gasteiger partial charge is 0.165 e. The van der Waals surface area contributed by atoms with Crippen LogP contribution in [0.5, 0.6) is 5.75 Å². The molecule has 0 aromatic heterocycles. The van der Waals surface area contributed by atoms with Crippen LogP contribution in [0.15, 0.2) is 18.2 Å². The number of aryl methyl sites for hydroxylation is 1. The van der Waals surface area contributed by atoms with Crippen molar-refractivity contribution in [2.45, 2.75) is 19.8 Å². The Balaban J connectivity index is 2.23. The topological polar surface area (TPSA) is 71.4 Å². The van der Waals surface area contributed by atoms with Gasteiger partial charge in [0.1, 0.15) is 0 Å². The van der Waals surface area contributed by atoms with E-state index in [-0.39, 0.29) is 38.0 Å². The third-order valence-electron chi connectivity index (χ3n) is 2.73. The molecule has 1 aromatic carbocycles. The van der Waals surface area contributed by atoms with Gasteiger partial charge in [0, 0.05) is 0 Å². The summed E-state index contributed by atoms with van der Waals surface area (Å²) < 4.78 is 18.9. The van der Waals surface area contributed by atoms with Crippen LogP contribution < -0.4 is 4.74 Å². The van der Waals surface area contributed by atoms with Gasteiger partial charge in [-0.3, -0.25) is 9.68 Å². The van der Waals surface area contributed by atoms with Gasteiger partial charge in [-0.1, -0.05) is 11.3 Å². The monoisotopic (exact) mass is 317 g/mol. The number of ether oxygens (including phenoxy) is 1. The summed E-state index contributed by atoms with van der Waals surface area (Å²) >= 11 is 0.